The van der Waals surface area contributed by atoms with Crippen molar-refractivity contribution in [2.75, 3.05) is 18.4 Å². The number of likely N-dealkylation sites (N-methyl/N-ethyl adjacent to an activating group) is 1. The molecule has 0 saturated heterocycles. The molecule has 122 valence electrons. The van der Waals surface area contributed by atoms with Gasteiger partial charge in [0.25, 0.3) is 0 Å². The van der Waals surface area contributed by atoms with Crippen molar-refractivity contribution in [2.45, 2.75) is 32.4 Å². The van der Waals surface area contributed by atoms with Crippen LogP contribution in [0.4, 0.5) is 5.13 Å². The van der Waals surface area contributed by atoms with E-state index >= 15 is 0 Å². The summed E-state index contributed by atoms with van der Waals surface area (Å²) in [6.45, 7) is 5.11. The van der Waals surface area contributed by atoms with E-state index in [0.717, 1.165) is 37.3 Å². The molecule has 1 aliphatic rings. The standard InChI is InChI=1S/C17H21N3O2S/c1-2-20-9-8-13-15(11-20)23-17(18-13)19-16(22)10-14(21)12-6-4-3-5-7-12/h3-7,14,21H,2,8-11H2,1H3,(H,18,19,22). The molecule has 2 heterocycles. The van der Waals surface area contributed by atoms with Gasteiger partial charge in [0.15, 0.2) is 5.13 Å². The lowest BCUT2D eigenvalue weighted by Crippen LogP contribution is -2.29. The number of thiazole rings is 1. The maximum Gasteiger partial charge on any atom is 0.229 e. The van der Waals surface area contributed by atoms with Gasteiger partial charge in [-0.15, -0.1) is 11.3 Å². The first-order valence-electron chi connectivity index (χ1n) is 7.89. The van der Waals surface area contributed by atoms with E-state index in [9.17, 15) is 9.90 Å². The lowest BCUT2D eigenvalue weighted by molar-refractivity contribution is -0.118. The molecule has 23 heavy (non-hydrogen) atoms. The molecule has 2 aromatic rings. The number of carbonyl (C=O) groups excluding carboxylic acids is 1. The summed E-state index contributed by atoms with van der Waals surface area (Å²) in [5, 5.41) is 13.6. The van der Waals surface area contributed by atoms with Gasteiger partial charge in [0.05, 0.1) is 18.2 Å². The Hall–Kier alpha value is -1.76. The number of nitrogens with one attached hydrogen (secondary N) is 1. The third-order valence-electron chi connectivity index (χ3n) is 4.07. The Bertz CT molecular complexity index is 672. The van der Waals surface area contributed by atoms with Gasteiger partial charge in [0.1, 0.15) is 0 Å². The van der Waals surface area contributed by atoms with Gasteiger partial charge in [-0.25, -0.2) is 4.98 Å². The molecule has 1 aromatic carbocycles. The number of fused-ring (bicyclic) bond motifs is 1. The molecule has 3 rings (SSSR count). The van der Waals surface area contributed by atoms with Crippen LogP contribution in [0, 0.1) is 0 Å². The van der Waals surface area contributed by atoms with Crippen LogP contribution in [0.1, 0.15) is 35.6 Å². The van der Waals surface area contributed by atoms with E-state index in [1.807, 2.05) is 30.3 Å². The fourth-order valence-corrected chi connectivity index (χ4v) is 3.78. The average Bonchev–Trinajstić information content (AvgIpc) is 2.96. The van der Waals surface area contributed by atoms with Crippen molar-refractivity contribution in [1.29, 1.82) is 0 Å². The van der Waals surface area contributed by atoms with Crippen molar-refractivity contribution in [2.24, 2.45) is 0 Å². The minimum absolute atomic E-state index is 0.0370. The van der Waals surface area contributed by atoms with Gasteiger partial charge < -0.3 is 10.4 Å². The number of nitrogens with zero attached hydrogens (tertiary/aromatic N) is 2. The summed E-state index contributed by atoms with van der Waals surface area (Å²) in [6.07, 6.45) is 0.179. The molecule has 2 N–H and O–H groups in total. The number of benzene rings is 1. The van der Waals surface area contributed by atoms with Crippen molar-refractivity contribution in [1.82, 2.24) is 9.88 Å². The van der Waals surface area contributed by atoms with E-state index in [1.54, 1.807) is 0 Å². The zero-order valence-corrected chi connectivity index (χ0v) is 14.0. The van der Waals surface area contributed by atoms with Crippen LogP contribution in [0.3, 0.4) is 0 Å². The summed E-state index contributed by atoms with van der Waals surface area (Å²) in [7, 11) is 0. The summed E-state index contributed by atoms with van der Waals surface area (Å²) in [5.74, 6) is -0.209. The fraction of sp³-hybridized carbons (Fsp3) is 0.412. The van der Waals surface area contributed by atoms with Gasteiger partial charge in [-0.3, -0.25) is 9.69 Å². The minimum Gasteiger partial charge on any atom is -0.388 e. The molecule has 1 aliphatic heterocycles. The molecule has 5 nitrogen and oxygen atoms in total. The zero-order valence-electron chi connectivity index (χ0n) is 13.2. The maximum atomic E-state index is 12.1. The summed E-state index contributed by atoms with van der Waals surface area (Å²) >= 11 is 1.54. The predicted molar refractivity (Wildman–Crippen MR) is 91.4 cm³/mol. The largest absolute Gasteiger partial charge is 0.388 e. The SMILES string of the molecule is CCN1CCc2nc(NC(=O)CC(O)c3ccccc3)sc2C1. The number of aromatic nitrogens is 1. The van der Waals surface area contributed by atoms with Crippen molar-refractivity contribution in [3.63, 3.8) is 0 Å². The van der Waals surface area contributed by atoms with Gasteiger partial charge in [-0.1, -0.05) is 37.3 Å². The molecular weight excluding hydrogens is 310 g/mol. The number of carbonyl (C=O) groups is 1. The number of amides is 1. The first kappa shape index (κ1) is 16.1. The van der Waals surface area contributed by atoms with E-state index in [-0.39, 0.29) is 12.3 Å². The monoisotopic (exact) mass is 331 g/mol. The van der Waals surface area contributed by atoms with Gasteiger partial charge in [0.2, 0.25) is 5.91 Å². The highest BCUT2D eigenvalue weighted by Gasteiger charge is 2.21. The predicted octanol–water partition coefficient (Wildman–Crippen LogP) is 2.58. The van der Waals surface area contributed by atoms with Gasteiger partial charge in [-0.05, 0) is 12.1 Å². The first-order valence-corrected chi connectivity index (χ1v) is 8.71. The Labute approximate surface area is 140 Å². The van der Waals surface area contributed by atoms with Gasteiger partial charge in [-0.2, -0.15) is 0 Å². The molecule has 1 aromatic heterocycles. The Morgan fingerprint density at radius 1 is 1.43 bits per heavy atom. The molecule has 0 spiro atoms. The second-order valence-corrected chi connectivity index (χ2v) is 6.77. The number of hydrogen-bond acceptors (Lipinski definition) is 5. The first-order chi connectivity index (χ1) is 11.2. The third-order valence-corrected chi connectivity index (χ3v) is 5.06. The second-order valence-electron chi connectivity index (χ2n) is 5.69. The van der Waals surface area contributed by atoms with Crippen molar-refractivity contribution in [3.8, 4) is 0 Å². The highest BCUT2D eigenvalue weighted by Crippen LogP contribution is 2.28. The maximum absolute atomic E-state index is 12.1. The molecule has 1 atom stereocenters. The quantitative estimate of drug-likeness (QED) is 0.884. The Morgan fingerprint density at radius 2 is 2.22 bits per heavy atom. The molecular formula is C17H21N3O2S. The van der Waals surface area contributed by atoms with E-state index in [1.165, 1.54) is 16.2 Å². The van der Waals surface area contributed by atoms with Crippen LogP contribution in [0.15, 0.2) is 30.3 Å². The van der Waals surface area contributed by atoms with Crippen LogP contribution in [-0.2, 0) is 17.8 Å². The molecule has 0 saturated carbocycles. The fourth-order valence-electron chi connectivity index (χ4n) is 2.71. The Kier molecular flexibility index (Phi) is 5.05. The van der Waals surface area contributed by atoms with E-state index in [0.29, 0.717) is 5.13 Å². The van der Waals surface area contributed by atoms with Crippen molar-refractivity contribution >= 4 is 22.4 Å². The van der Waals surface area contributed by atoms with Crippen molar-refractivity contribution in [3.05, 3.63) is 46.5 Å². The number of aliphatic hydroxyl groups excluding tert-OH is 1. The molecule has 1 unspecified atom stereocenters. The topological polar surface area (TPSA) is 65.5 Å². The normalized spacial score (nSPS) is 15.9. The van der Waals surface area contributed by atoms with Crippen LogP contribution in [-0.4, -0.2) is 34.0 Å². The molecule has 0 radical (unpaired) electrons. The molecule has 6 heteroatoms. The lowest BCUT2D eigenvalue weighted by Gasteiger charge is -2.23. The van der Waals surface area contributed by atoms with E-state index in [2.05, 4.69) is 22.1 Å². The lowest BCUT2D eigenvalue weighted by atomic mass is 10.1. The third kappa shape index (κ3) is 3.96. The average molecular weight is 331 g/mol. The van der Waals surface area contributed by atoms with Gasteiger partial charge >= 0.3 is 0 Å². The Morgan fingerprint density at radius 3 is 2.96 bits per heavy atom. The van der Waals surface area contributed by atoms with E-state index < -0.39 is 6.10 Å². The molecule has 0 aliphatic carbocycles. The molecule has 1 amide bonds. The van der Waals surface area contributed by atoms with Gasteiger partial charge in [0, 0.05) is 24.4 Å². The van der Waals surface area contributed by atoms with Crippen LogP contribution in [0.25, 0.3) is 0 Å². The number of aliphatic hydroxyl groups is 1. The highest BCUT2D eigenvalue weighted by molar-refractivity contribution is 7.15. The van der Waals surface area contributed by atoms with Crippen LogP contribution in [0.2, 0.25) is 0 Å². The Balaban J connectivity index is 1.59. The summed E-state index contributed by atoms with van der Waals surface area (Å²) in [4.78, 5) is 20.2. The number of hydrogen-bond donors (Lipinski definition) is 2. The minimum atomic E-state index is -0.790. The van der Waals surface area contributed by atoms with Crippen molar-refractivity contribution < 1.29 is 9.90 Å². The molecule has 0 fully saturated rings. The van der Waals surface area contributed by atoms with E-state index in [4.69, 9.17) is 0 Å². The summed E-state index contributed by atoms with van der Waals surface area (Å²) < 4.78 is 0. The van der Waals surface area contributed by atoms with Crippen LogP contribution in [0.5, 0.6) is 0 Å². The number of rotatable bonds is 5. The van der Waals surface area contributed by atoms with Crippen LogP contribution < -0.4 is 5.32 Å². The smallest absolute Gasteiger partial charge is 0.229 e. The number of anilines is 1. The second kappa shape index (κ2) is 7.21. The molecule has 0 bridgehead atoms. The summed E-state index contributed by atoms with van der Waals surface area (Å²) in [5.41, 5.74) is 1.85. The highest BCUT2D eigenvalue weighted by atomic mass is 32.1. The van der Waals surface area contributed by atoms with Crippen LogP contribution >= 0.6 is 11.3 Å². The zero-order chi connectivity index (χ0) is 16.2. The summed E-state index contributed by atoms with van der Waals surface area (Å²) in [6, 6.07) is 9.23.